The van der Waals surface area contributed by atoms with Gasteiger partial charge in [-0.05, 0) is 49.9 Å². The summed E-state index contributed by atoms with van der Waals surface area (Å²) >= 11 is 0. The minimum absolute atomic E-state index is 0.113. The number of benzene rings is 1. The van der Waals surface area contributed by atoms with Gasteiger partial charge in [0.2, 0.25) is 0 Å². The monoisotopic (exact) mass is 503 g/mol. The van der Waals surface area contributed by atoms with E-state index in [1.54, 1.807) is 23.9 Å². The molecule has 0 aliphatic heterocycles. The predicted octanol–water partition coefficient (Wildman–Crippen LogP) is 3.81. The van der Waals surface area contributed by atoms with Crippen molar-refractivity contribution in [3.63, 3.8) is 0 Å². The van der Waals surface area contributed by atoms with E-state index in [1.165, 1.54) is 0 Å². The molecule has 0 atom stereocenters. The lowest BCUT2D eigenvalue weighted by atomic mass is 9.93. The Hall–Kier alpha value is -3.92. The first-order chi connectivity index (χ1) is 18.1. The van der Waals surface area contributed by atoms with Crippen molar-refractivity contribution in [2.24, 2.45) is 7.05 Å². The van der Waals surface area contributed by atoms with Gasteiger partial charge in [0.25, 0.3) is 5.91 Å². The third kappa shape index (κ3) is 5.43. The van der Waals surface area contributed by atoms with Crippen LogP contribution in [0.2, 0.25) is 0 Å². The largest absolute Gasteiger partial charge is 0.490 e. The third-order valence-electron chi connectivity index (χ3n) is 6.83. The fourth-order valence-electron chi connectivity index (χ4n) is 4.86. The van der Waals surface area contributed by atoms with Gasteiger partial charge >= 0.3 is 0 Å². The fraction of sp³-hybridized carbons (Fsp3) is 0.407. The minimum Gasteiger partial charge on any atom is -0.490 e. The first-order valence-corrected chi connectivity index (χ1v) is 12.6. The molecule has 1 aliphatic rings. The van der Waals surface area contributed by atoms with E-state index in [2.05, 4.69) is 31.5 Å². The Morgan fingerprint density at radius 3 is 2.59 bits per heavy atom. The van der Waals surface area contributed by atoms with Crippen molar-refractivity contribution < 1.29 is 14.3 Å². The van der Waals surface area contributed by atoms with Gasteiger partial charge in [-0.15, -0.1) is 0 Å². The highest BCUT2D eigenvalue weighted by Gasteiger charge is 2.27. The molecule has 0 radical (unpaired) electrons. The number of aryl methyl sites for hydroxylation is 1. The first-order valence-electron chi connectivity index (χ1n) is 12.6. The number of amides is 1. The number of ether oxygens (including phenoxy) is 2. The molecule has 1 aliphatic carbocycles. The molecule has 194 valence electrons. The summed E-state index contributed by atoms with van der Waals surface area (Å²) < 4.78 is 15.2. The minimum atomic E-state index is -0.113. The molecular formula is C27H33N7O3. The summed E-state index contributed by atoms with van der Waals surface area (Å²) in [7, 11) is 5.40. The van der Waals surface area contributed by atoms with Crippen LogP contribution in [0.4, 0.5) is 5.82 Å². The van der Waals surface area contributed by atoms with Crippen molar-refractivity contribution in [1.82, 2.24) is 29.9 Å². The molecule has 1 amide bonds. The van der Waals surface area contributed by atoms with Crippen molar-refractivity contribution in [2.45, 2.75) is 37.8 Å². The molecule has 3 heterocycles. The Labute approximate surface area is 216 Å². The van der Waals surface area contributed by atoms with E-state index in [0.717, 1.165) is 59.4 Å². The Morgan fingerprint density at radius 2 is 1.92 bits per heavy atom. The third-order valence-corrected chi connectivity index (χ3v) is 6.83. The van der Waals surface area contributed by atoms with E-state index >= 15 is 0 Å². The summed E-state index contributed by atoms with van der Waals surface area (Å²) in [6.45, 7) is 0.973. The van der Waals surface area contributed by atoms with Crippen LogP contribution >= 0.6 is 0 Å². The smallest absolute Gasteiger partial charge is 0.251 e. The zero-order valence-electron chi connectivity index (χ0n) is 21.5. The van der Waals surface area contributed by atoms with E-state index in [0.29, 0.717) is 18.7 Å². The lowest BCUT2D eigenvalue weighted by Crippen LogP contribution is -2.27. The van der Waals surface area contributed by atoms with Crippen LogP contribution in [0.1, 0.15) is 42.1 Å². The van der Waals surface area contributed by atoms with Crippen molar-refractivity contribution in [3.05, 3.63) is 54.5 Å². The van der Waals surface area contributed by atoms with Gasteiger partial charge in [-0.25, -0.2) is 4.98 Å². The van der Waals surface area contributed by atoms with Gasteiger partial charge in [-0.1, -0.05) is 0 Å². The maximum atomic E-state index is 12.2. The molecule has 1 aromatic carbocycles. The molecule has 0 spiro atoms. The highest BCUT2D eigenvalue weighted by atomic mass is 16.5. The quantitative estimate of drug-likeness (QED) is 0.334. The molecule has 37 heavy (non-hydrogen) atoms. The predicted molar refractivity (Wildman–Crippen MR) is 142 cm³/mol. The van der Waals surface area contributed by atoms with Crippen LogP contribution in [0.25, 0.3) is 22.2 Å². The van der Waals surface area contributed by atoms with Gasteiger partial charge < -0.3 is 20.1 Å². The van der Waals surface area contributed by atoms with E-state index in [1.807, 2.05) is 44.8 Å². The number of carbonyl (C=O) groups is 1. The van der Waals surface area contributed by atoms with Crippen molar-refractivity contribution in [3.8, 4) is 17.0 Å². The lowest BCUT2D eigenvalue weighted by molar-refractivity contribution is 0.0937. The van der Waals surface area contributed by atoms with Gasteiger partial charge in [0.05, 0.1) is 30.5 Å². The van der Waals surface area contributed by atoms with E-state index in [9.17, 15) is 4.79 Å². The standard InChI is InChI=1S/C27H33N7O3/c1-28-25-14-24-23(16-30-25)26(19-15-31-33(2)17-19)32-34(24)20-6-10-22(11-7-20)37-21-8-4-18(5-9-21)27(35)29-12-13-36-3/h4-5,8-9,14-17,20,22H,6-7,10-13H2,1-3H3,(H,28,30)(H,29,35). The van der Waals surface area contributed by atoms with Crippen LogP contribution in [-0.4, -0.2) is 63.9 Å². The number of anilines is 1. The van der Waals surface area contributed by atoms with Crippen LogP contribution in [0.15, 0.2) is 48.9 Å². The number of carbonyl (C=O) groups excluding carboxylic acids is 1. The topological polar surface area (TPSA) is 108 Å². The molecule has 0 saturated heterocycles. The molecule has 3 aromatic heterocycles. The van der Waals surface area contributed by atoms with Crippen LogP contribution in [0.5, 0.6) is 5.75 Å². The maximum Gasteiger partial charge on any atom is 0.251 e. The zero-order chi connectivity index (χ0) is 25.8. The second-order valence-electron chi connectivity index (χ2n) is 9.35. The number of methoxy groups -OCH3 is 1. The summed E-state index contributed by atoms with van der Waals surface area (Å²) in [5, 5.41) is 16.4. The van der Waals surface area contributed by atoms with E-state index < -0.39 is 0 Å². The molecule has 5 rings (SSSR count). The van der Waals surface area contributed by atoms with E-state index in [-0.39, 0.29) is 18.1 Å². The summed E-state index contributed by atoms with van der Waals surface area (Å²) in [5.41, 5.74) is 3.57. The Morgan fingerprint density at radius 1 is 1.14 bits per heavy atom. The Kier molecular flexibility index (Phi) is 7.36. The highest BCUT2D eigenvalue weighted by Crippen LogP contribution is 2.36. The molecule has 0 unspecified atom stereocenters. The number of hydrogen-bond acceptors (Lipinski definition) is 7. The average Bonchev–Trinajstić information content (AvgIpc) is 3.52. The van der Waals surface area contributed by atoms with Gasteiger partial charge in [0.1, 0.15) is 17.3 Å². The normalized spacial score (nSPS) is 17.6. The van der Waals surface area contributed by atoms with Crippen molar-refractivity contribution in [1.29, 1.82) is 0 Å². The summed E-state index contributed by atoms with van der Waals surface area (Å²) in [6.07, 6.45) is 9.63. The molecule has 0 bridgehead atoms. The van der Waals surface area contributed by atoms with Crippen molar-refractivity contribution >= 4 is 22.6 Å². The molecule has 1 saturated carbocycles. The number of nitrogens with one attached hydrogen (secondary N) is 2. The van der Waals surface area contributed by atoms with Crippen molar-refractivity contribution in [2.75, 3.05) is 32.6 Å². The summed E-state index contributed by atoms with van der Waals surface area (Å²) in [6, 6.07) is 9.67. The maximum absolute atomic E-state index is 12.2. The Balaban J connectivity index is 1.26. The van der Waals surface area contributed by atoms with Gasteiger partial charge in [0, 0.05) is 62.7 Å². The van der Waals surface area contributed by atoms with E-state index in [4.69, 9.17) is 14.6 Å². The first kappa shape index (κ1) is 24.8. The summed E-state index contributed by atoms with van der Waals surface area (Å²) in [5.74, 6) is 1.49. The molecule has 1 fully saturated rings. The SMILES string of the molecule is CNc1cc2c(cn1)c(-c1cnn(C)c1)nn2C1CCC(Oc2ccc(C(=O)NCCOC)cc2)CC1. The van der Waals surface area contributed by atoms with Crippen LogP contribution < -0.4 is 15.4 Å². The molecule has 4 aromatic rings. The second kappa shape index (κ2) is 11.0. The van der Waals surface area contributed by atoms with Gasteiger partial charge in [-0.2, -0.15) is 10.2 Å². The van der Waals surface area contributed by atoms with Crippen LogP contribution in [0, 0.1) is 0 Å². The lowest BCUT2D eigenvalue weighted by Gasteiger charge is -2.29. The van der Waals surface area contributed by atoms with Crippen LogP contribution in [-0.2, 0) is 11.8 Å². The zero-order valence-corrected chi connectivity index (χ0v) is 21.5. The van der Waals surface area contributed by atoms with Gasteiger partial charge in [0.15, 0.2) is 0 Å². The average molecular weight is 504 g/mol. The number of hydrogen-bond donors (Lipinski definition) is 2. The number of fused-ring (bicyclic) bond motifs is 1. The second-order valence-corrected chi connectivity index (χ2v) is 9.35. The molecule has 10 nitrogen and oxygen atoms in total. The molecule has 2 N–H and O–H groups in total. The highest BCUT2D eigenvalue weighted by molar-refractivity contribution is 5.94. The Bertz CT molecular complexity index is 1350. The molecule has 10 heteroatoms. The number of rotatable bonds is 9. The number of pyridine rings is 1. The number of aromatic nitrogens is 5. The summed E-state index contributed by atoms with van der Waals surface area (Å²) in [4.78, 5) is 16.7. The number of nitrogens with zero attached hydrogens (tertiary/aromatic N) is 5. The van der Waals surface area contributed by atoms with Crippen LogP contribution in [0.3, 0.4) is 0 Å². The fourth-order valence-corrected chi connectivity index (χ4v) is 4.86. The molecular weight excluding hydrogens is 470 g/mol. The van der Waals surface area contributed by atoms with Gasteiger partial charge in [-0.3, -0.25) is 14.2 Å².